The molecule has 0 fully saturated rings. The number of aliphatic hydroxyl groups is 1. The van der Waals surface area contributed by atoms with Gasteiger partial charge in [0.1, 0.15) is 17.7 Å². The number of amides is 3. The minimum atomic E-state index is -1.07. The molecule has 8 nitrogen and oxygen atoms in total. The van der Waals surface area contributed by atoms with Gasteiger partial charge in [0, 0.05) is 18.7 Å². The van der Waals surface area contributed by atoms with Crippen molar-refractivity contribution in [2.45, 2.75) is 71.6 Å². The second kappa shape index (κ2) is 13.5. The van der Waals surface area contributed by atoms with Gasteiger partial charge in [0.05, 0.1) is 6.61 Å². The molecule has 0 aromatic heterocycles. The number of aliphatic hydroxyl groups excluding tert-OH is 1. The summed E-state index contributed by atoms with van der Waals surface area (Å²) in [4.78, 5) is 40.0. The number of terminal acetylenes is 1. The smallest absolute Gasteiger partial charge is 0.408 e. The molecule has 0 saturated carbocycles. The Balaban J connectivity index is 3.26. The van der Waals surface area contributed by atoms with Crippen LogP contribution in [-0.4, -0.2) is 59.3 Å². The average molecular weight is 460 g/mol. The molecule has 2 atom stereocenters. The maximum atomic E-state index is 13.3. The van der Waals surface area contributed by atoms with Crippen molar-refractivity contribution in [2.75, 3.05) is 19.7 Å². The Bertz CT molecular complexity index is 841. The van der Waals surface area contributed by atoms with Crippen molar-refractivity contribution in [2.24, 2.45) is 0 Å². The molecule has 0 spiro atoms. The number of ether oxygens (including phenoxy) is 1. The number of nitrogens with zero attached hydrogens (tertiary/aromatic N) is 1. The van der Waals surface area contributed by atoms with Gasteiger partial charge in [-0.3, -0.25) is 9.59 Å². The van der Waals surface area contributed by atoms with Crippen molar-refractivity contribution in [3.63, 3.8) is 0 Å². The molecule has 0 aliphatic carbocycles. The van der Waals surface area contributed by atoms with Gasteiger partial charge in [-0.05, 0) is 45.7 Å². The Kier molecular flexibility index (Phi) is 11.4. The van der Waals surface area contributed by atoms with E-state index in [1.807, 2.05) is 0 Å². The van der Waals surface area contributed by atoms with Gasteiger partial charge < -0.3 is 25.4 Å². The third-order valence-electron chi connectivity index (χ3n) is 4.78. The highest BCUT2D eigenvalue weighted by molar-refractivity contribution is 5.92. The van der Waals surface area contributed by atoms with Crippen molar-refractivity contribution in [1.82, 2.24) is 15.5 Å². The highest BCUT2D eigenvalue weighted by Crippen LogP contribution is 2.25. The van der Waals surface area contributed by atoms with E-state index in [9.17, 15) is 19.5 Å². The fourth-order valence-electron chi connectivity index (χ4n) is 3.27. The average Bonchev–Trinajstić information content (AvgIpc) is 2.74. The summed E-state index contributed by atoms with van der Waals surface area (Å²) in [5.74, 6) is 1.61. The van der Waals surface area contributed by atoms with Gasteiger partial charge in [0.2, 0.25) is 11.8 Å². The second-order valence-electron chi connectivity index (χ2n) is 8.76. The van der Waals surface area contributed by atoms with Crippen LogP contribution in [0.15, 0.2) is 24.3 Å². The lowest BCUT2D eigenvalue weighted by Crippen LogP contribution is -2.52. The summed E-state index contributed by atoms with van der Waals surface area (Å²) in [7, 11) is 0. The molecule has 0 heterocycles. The summed E-state index contributed by atoms with van der Waals surface area (Å²) < 4.78 is 5.23. The third kappa shape index (κ3) is 9.15. The topological polar surface area (TPSA) is 108 Å². The molecule has 1 aromatic rings. The van der Waals surface area contributed by atoms with Crippen molar-refractivity contribution >= 4 is 17.9 Å². The van der Waals surface area contributed by atoms with E-state index in [1.54, 1.807) is 45.0 Å². The molecular formula is C25H37N3O5. The number of carbonyl (C=O) groups is 3. The number of hydrogen-bond donors (Lipinski definition) is 3. The van der Waals surface area contributed by atoms with E-state index < -0.39 is 35.6 Å². The second-order valence-corrected chi connectivity index (χ2v) is 8.76. The first kappa shape index (κ1) is 28.0. The Labute approximate surface area is 197 Å². The van der Waals surface area contributed by atoms with Gasteiger partial charge in [0.15, 0.2) is 0 Å². The van der Waals surface area contributed by atoms with Crippen LogP contribution in [0.2, 0.25) is 0 Å². The van der Waals surface area contributed by atoms with E-state index in [0.29, 0.717) is 17.7 Å². The first-order valence-electron chi connectivity index (χ1n) is 11.3. The monoisotopic (exact) mass is 459 g/mol. The van der Waals surface area contributed by atoms with Crippen LogP contribution in [0, 0.1) is 12.3 Å². The van der Waals surface area contributed by atoms with E-state index in [2.05, 4.69) is 23.5 Å². The zero-order valence-electron chi connectivity index (χ0n) is 20.3. The van der Waals surface area contributed by atoms with Crippen LogP contribution in [0.3, 0.4) is 0 Å². The largest absolute Gasteiger partial charge is 0.444 e. The number of alkyl carbamates (subject to hydrolysis) is 1. The lowest BCUT2D eigenvalue weighted by Gasteiger charge is -2.33. The van der Waals surface area contributed by atoms with Crippen LogP contribution in [0.25, 0.3) is 0 Å². The zero-order valence-corrected chi connectivity index (χ0v) is 20.3. The Morgan fingerprint density at radius 2 is 1.88 bits per heavy atom. The molecule has 0 bridgehead atoms. The molecule has 0 aliphatic heterocycles. The van der Waals surface area contributed by atoms with Crippen LogP contribution in [0.1, 0.15) is 71.0 Å². The van der Waals surface area contributed by atoms with Gasteiger partial charge in [-0.25, -0.2) is 4.79 Å². The van der Waals surface area contributed by atoms with E-state index in [1.165, 1.54) is 11.8 Å². The van der Waals surface area contributed by atoms with Gasteiger partial charge in [-0.15, -0.1) is 6.42 Å². The van der Waals surface area contributed by atoms with Crippen molar-refractivity contribution < 1.29 is 24.2 Å². The summed E-state index contributed by atoms with van der Waals surface area (Å²) >= 11 is 0. The van der Waals surface area contributed by atoms with E-state index in [0.717, 1.165) is 19.3 Å². The summed E-state index contributed by atoms with van der Waals surface area (Å²) in [6.07, 6.45) is 7.67. The van der Waals surface area contributed by atoms with Crippen LogP contribution < -0.4 is 10.6 Å². The lowest BCUT2D eigenvalue weighted by atomic mass is 9.97. The van der Waals surface area contributed by atoms with Crippen LogP contribution in [-0.2, 0) is 14.3 Å². The molecule has 0 radical (unpaired) electrons. The van der Waals surface area contributed by atoms with Crippen LogP contribution in [0.5, 0.6) is 0 Å². The molecule has 3 amide bonds. The fourth-order valence-corrected chi connectivity index (χ4v) is 3.27. The molecular weight excluding hydrogens is 422 g/mol. The molecule has 8 heteroatoms. The standard InChI is InChI=1S/C25H37N3O5/c1-7-9-12-15-26-22(30)21(20-14-11-10-13-19(20)8-2)28(16-17-29)23(31)18(3)27-24(32)33-25(4,5)6/h2,10-11,13-14,18,21,29H,7,9,12,15-17H2,1,3-6H3,(H,26,30)(H,27,32). The van der Waals surface area contributed by atoms with Gasteiger partial charge in [-0.2, -0.15) is 0 Å². The number of unbranched alkanes of at least 4 members (excludes halogenated alkanes) is 2. The summed E-state index contributed by atoms with van der Waals surface area (Å²) in [6.45, 7) is 8.67. The van der Waals surface area contributed by atoms with Gasteiger partial charge in [-0.1, -0.05) is 43.9 Å². The molecule has 182 valence electrons. The summed E-state index contributed by atoms with van der Waals surface area (Å²) in [5, 5.41) is 15.1. The highest BCUT2D eigenvalue weighted by atomic mass is 16.6. The minimum absolute atomic E-state index is 0.120. The predicted octanol–water partition coefficient (Wildman–Crippen LogP) is 2.75. The highest BCUT2D eigenvalue weighted by Gasteiger charge is 2.35. The number of benzene rings is 1. The van der Waals surface area contributed by atoms with E-state index >= 15 is 0 Å². The van der Waals surface area contributed by atoms with Crippen molar-refractivity contribution in [3.8, 4) is 12.3 Å². The van der Waals surface area contributed by atoms with Crippen molar-refractivity contribution in [3.05, 3.63) is 35.4 Å². The molecule has 33 heavy (non-hydrogen) atoms. The summed E-state index contributed by atoms with van der Waals surface area (Å²) in [6, 6.07) is 4.80. The lowest BCUT2D eigenvalue weighted by molar-refractivity contribution is -0.142. The number of hydrogen-bond acceptors (Lipinski definition) is 5. The molecule has 1 rings (SSSR count). The van der Waals surface area contributed by atoms with Crippen LogP contribution >= 0.6 is 0 Å². The fraction of sp³-hybridized carbons (Fsp3) is 0.560. The van der Waals surface area contributed by atoms with Gasteiger partial charge in [0.25, 0.3) is 0 Å². The molecule has 0 saturated heterocycles. The zero-order chi connectivity index (χ0) is 25.0. The Hall–Kier alpha value is -3.05. The Morgan fingerprint density at radius 3 is 2.45 bits per heavy atom. The number of rotatable bonds is 11. The normalized spacial score (nSPS) is 12.8. The van der Waals surface area contributed by atoms with Crippen LogP contribution in [0.4, 0.5) is 4.79 Å². The Morgan fingerprint density at radius 1 is 1.21 bits per heavy atom. The SMILES string of the molecule is C#Cc1ccccc1C(C(=O)NCCCCC)N(CCO)C(=O)C(C)NC(=O)OC(C)(C)C. The third-order valence-corrected chi connectivity index (χ3v) is 4.78. The minimum Gasteiger partial charge on any atom is -0.444 e. The molecule has 0 aliphatic rings. The number of carbonyl (C=O) groups excluding carboxylic acids is 3. The number of nitrogens with one attached hydrogen (secondary N) is 2. The first-order chi connectivity index (χ1) is 15.6. The summed E-state index contributed by atoms with van der Waals surface area (Å²) in [5.41, 5.74) is 0.207. The molecule has 1 aromatic carbocycles. The molecule has 2 unspecified atom stereocenters. The molecule has 3 N–H and O–H groups in total. The predicted molar refractivity (Wildman–Crippen MR) is 127 cm³/mol. The quantitative estimate of drug-likeness (QED) is 0.348. The van der Waals surface area contributed by atoms with Gasteiger partial charge >= 0.3 is 6.09 Å². The first-order valence-corrected chi connectivity index (χ1v) is 11.3. The maximum absolute atomic E-state index is 13.3. The van der Waals surface area contributed by atoms with E-state index in [4.69, 9.17) is 11.2 Å². The van der Waals surface area contributed by atoms with Crippen molar-refractivity contribution in [1.29, 1.82) is 0 Å². The van der Waals surface area contributed by atoms with E-state index in [-0.39, 0.29) is 13.2 Å². The maximum Gasteiger partial charge on any atom is 0.408 e.